The lowest BCUT2D eigenvalue weighted by molar-refractivity contribution is -0.151. The average molecular weight is 330 g/mol. The number of benzene rings is 1. The zero-order valence-electron chi connectivity index (χ0n) is 10.8. The van der Waals surface area contributed by atoms with E-state index < -0.39 is 11.4 Å². The molecule has 0 saturated carbocycles. The third-order valence-electron chi connectivity index (χ3n) is 3.70. The van der Waals surface area contributed by atoms with Crippen molar-refractivity contribution in [3.05, 3.63) is 34.1 Å². The summed E-state index contributed by atoms with van der Waals surface area (Å²) in [6.07, 6.45) is 1.59. The summed E-state index contributed by atoms with van der Waals surface area (Å²) in [5, 5.41) is 9.29. The second-order valence-electron chi connectivity index (χ2n) is 5.42. The number of rotatable bonds is 3. The summed E-state index contributed by atoms with van der Waals surface area (Å²) >= 11 is 3.35. The molecular formula is C14H17BrFNO2. The molecule has 1 aromatic carbocycles. The predicted molar refractivity (Wildman–Crippen MR) is 74.4 cm³/mol. The Labute approximate surface area is 120 Å². The summed E-state index contributed by atoms with van der Waals surface area (Å²) < 4.78 is 13.8. The fourth-order valence-corrected chi connectivity index (χ4v) is 3.02. The number of carboxylic acids is 1. The van der Waals surface area contributed by atoms with Gasteiger partial charge in [0.05, 0.1) is 5.41 Å². The molecule has 1 saturated heterocycles. The zero-order chi connectivity index (χ0) is 14.0. The Balaban J connectivity index is 2.09. The lowest BCUT2D eigenvalue weighted by atomic mass is 9.82. The highest BCUT2D eigenvalue weighted by atomic mass is 79.9. The standard InChI is InChI=1S/C14H17BrFNO2/c1-14(13(18)19)5-2-6-17(9-14)8-10-3-4-11(16)7-12(10)15/h3-4,7H,2,5-6,8-9H2,1H3,(H,18,19). The van der Waals surface area contributed by atoms with Gasteiger partial charge in [0.2, 0.25) is 0 Å². The predicted octanol–water partition coefficient (Wildman–Crippen LogP) is 3.27. The van der Waals surface area contributed by atoms with E-state index in [0.717, 1.165) is 23.0 Å². The minimum atomic E-state index is -0.740. The fraction of sp³-hybridized carbons (Fsp3) is 0.500. The van der Waals surface area contributed by atoms with Gasteiger partial charge in [-0.25, -0.2) is 4.39 Å². The Morgan fingerprint density at radius 3 is 2.95 bits per heavy atom. The van der Waals surface area contributed by atoms with E-state index in [-0.39, 0.29) is 5.82 Å². The molecule has 1 atom stereocenters. The Kier molecular flexibility index (Phi) is 4.26. The van der Waals surface area contributed by atoms with Gasteiger partial charge in [-0.05, 0) is 44.0 Å². The molecule has 0 aliphatic carbocycles. The van der Waals surface area contributed by atoms with Gasteiger partial charge in [0.15, 0.2) is 0 Å². The van der Waals surface area contributed by atoms with Crippen LogP contribution in [-0.4, -0.2) is 29.1 Å². The summed E-state index contributed by atoms with van der Waals surface area (Å²) in [4.78, 5) is 13.4. The molecule has 1 unspecified atom stereocenters. The van der Waals surface area contributed by atoms with Crippen molar-refractivity contribution in [3.8, 4) is 0 Å². The molecule has 1 aliphatic heterocycles. The molecule has 0 bridgehead atoms. The van der Waals surface area contributed by atoms with E-state index >= 15 is 0 Å². The van der Waals surface area contributed by atoms with Crippen molar-refractivity contribution in [3.63, 3.8) is 0 Å². The molecule has 1 N–H and O–H groups in total. The number of halogens is 2. The first kappa shape index (κ1) is 14.5. The highest BCUT2D eigenvalue weighted by molar-refractivity contribution is 9.10. The van der Waals surface area contributed by atoms with Gasteiger partial charge in [-0.3, -0.25) is 9.69 Å². The van der Waals surface area contributed by atoms with Crippen LogP contribution in [0.15, 0.2) is 22.7 Å². The van der Waals surface area contributed by atoms with Crippen molar-refractivity contribution in [1.82, 2.24) is 4.90 Å². The van der Waals surface area contributed by atoms with Gasteiger partial charge in [-0.15, -0.1) is 0 Å². The molecule has 0 radical (unpaired) electrons. The number of carbonyl (C=O) groups is 1. The third-order valence-corrected chi connectivity index (χ3v) is 4.44. The summed E-state index contributed by atoms with van der Waals surface area (Å²) in [5.74, 6) is -1.01. The van der Waals surface area contributed by atoms with Crippen molar-refractivity contribution >= 4 is 21.9 Å². The highest BCUT2D eigenvalue weighted by Crippen LogP contribution is 2.31. The van der Waals surface area contributed by atoms with Crippen molar-refractivity contribution < 1.29 is 14.3 Å². The normalized spacial score (nSPS) is 24.4. The second kappa shape index (κ2) is 5.59. The van der Waals surface area contributed by atoms with Gasteiger partial charge in [-0.2, -0.15) is 0 Å². The SMILES string of the molecule is CC1(C(=O)O)CCCN(Cc2ccc(F)cc2Br)C1. The molecule has 104 valence electrons. The van der Waals surface area contributed by atoms with Gasteiger partial charge in [0, 0.05) is 17.6 Å². The monoisotopic (exact) mass is 329 g/mol. The average Bonchev–Trinajstić information content (AvgIpc) is 2.33. The first-order valence-corrected chi connectivity index (χ1v) is 7.10. The Morgan fingerprint density at radius 1 is 1.58 bits per heavy atom. The van der Waals surface area contributed by atoms with Crippen molar-refractivity contribution in [2.45, 2.75) is 26.3 Å². The van der Waals surface area contributed by atoms with Crippen LogP contribution in [0.3, 0.4) is 0 Å². The van der Waals surface area contributed by atoms with Crippen molar-refractivity contribution in [2.75, 3.05) is 13.1 Å². The van der Waals surface area contributed by atoms with E-state index in [1.165, 1.54) is 12.1 Å². The maximum Gasteiger partial charge on any atom is 0.310 e. The number of hydrogen-bond acceptors (Lipinski definition) is 2. The van der Waals surface area contributed by atoms with Crippen LogP contribution in [0.2, 0.25) is 0 Å². The van der Waals surface area contributed by atoms with Gasteiger partial charge in [0.1, 0.15) is 5.82 Å². The van der Waals surface area contributed by atoms with E-state index in [9.17, 15) is 14.3 Å². The van der Waals surface area contributed by atoms with Crippen LogP contribution < -0.4 is 0 Å². The molecule has 2 rings (SSSR count). The number of likely N-dealkylation sites (tertiary alicyclic amines) is 1. The smallest absolute Gasteiger partial charge is 0.310 e. The fourth-order valence-electron chi connectivity index (χ4n) is 2.54. The van der Waals surface area contributed by atoms with Crippen LogP contribution in [0.1, 0.15) is 25.3 Å². The maximum absolute atomic E-state index is 13.0. The third kappa shape index (κ3) is 3.34. The molecule has 19 heavy (non-hydrogen) atoms. The number of aliphatic carboxylic acids is 1. The topological polar surface area (TPSA) is 40.5 Å². The summed E-state index contributed by atoms with van der Waals surface area (Å²) in [6.45, 7) is 3.85. The number of hydrogen-bond donors (Lipinski definition) is 1. The first-order chi connectivity index (χ1) is 8.90. The van der Waals surface area contributed by atoms with Gasteiger partial charge in [-0.1, -0.05) is 22.0 Å². The molecule has 1 aromatic rings. The largest absolute Gasteiger partial charge is 0.481 e. The molecule has 1 heterocycles. The maximum atomic E-state index is 13.0. The quantitative estimate of drug-likeness (QED) is 0.925. The Morgan fingerprint density at radius 2 is 2.32 bits per heavy atom. The van der Waals surface area contributed by atoms with Crippen LogP contribution in [-0.2, 0) is 11.3 Å². The van der Waals surface area contributed by atoms with Crippen LogP contribution in [0.5, 0.6) is 0 Å². The molecule has 0 spiro atoms. The Hall–Kier alpha value is -0.940. The molecule has 1 aliphatic rings. The van der Waals surface area contributed by atoms with E-state index in [2.05, 4.69) is 20.8 Å². The second-order valence-corrected chi connectivity index (χ2v) is 6.27. The first-order valence-electron chi connectivity index (χ1n) is 6.30. The van der Waals surface area contributed by atoms with Crippen LogP contribution in [0, 0.1) is 11.2 Å². The van der Waals surface area contributed by atoms with E-state index in [1.807, 2.05) is 0 Å². The minimum absolute atomic E-state index is 0.273. The molecule has 5 heteroatoms. The van der Waals surface area contributed by atoms with E-state index in [0.29, 0.717) is 19.5 Å². The summed E-state index contributed by atoms with van der Waals surface area (Å²) in [5.41, 5.74) is 0.307. The van der Waals surface area contributed by atoms with Gasteiger partial charge < -0.3 is 5.11 Å². The van der Waals surface area contributed by atoms with Crippen LogP contribution in [0.4, 0.5) is 4.39 Å². The highest BCUT2D eigenvalue weighted by Gasteiger charge is 2.37. The Bertz CT molecular complexity index is 494. The van der Waals surface area contributed by atoms with Crippen LogP contribution in [0.25, 0.3) is 0 Å². The van der Waals surface area contributed by atoms with E-state index in [1.54, 1.807) is 13.0 Å². The van der Waals surface area contributed by atoms with Gasteiger partial charge in [0.25, 0.3) is 0 Å². The molecule has 0 aromatic heterocycles. The summed E-state index contributed by atoms with van der Waals surface area (Å²) in [6, 6.07) is 4.61. The molecule has 3 nitrogen and oxygen atoms in total. The van der Waals surface area contributed by atoms with Crippen LogP contribution >= 0.6 is 15.9 Å². The number of piperidine rings is 1. The van der Waals surface area contributed by atoms with E-state index in [4.69, 9.17) is 0 Å². The molecule has 0 amide bonds. The van der Waals surface area contributed by atoms with Crippen molar-refractivity contribution in [1.29, 1.82) is 0 Å². The van der Waals surface area contributed by atoms with Gasteiger partial charge >= 0.3 is 5.97 Å². The molecular weight excluding hydrogens is 313 g/mol. The zero-order valence-corrected chi connectivity index (χ0v) is 12.4. The number of carboxylic acid groups (broad SMARTS) is 1. The lowest BCUT2D eigenvalue weighted by Crippen LogP contribution is -2.45. The summed E-state index contributed by atoms with van der Waals surface area (Å²) in [7, 11) is 0. The van der Waals surface area contributed by atoms with Crippen molar-refractivity contribution in [2.24, 2.45) is 5.41 Å². The minimum Gasteiger partial charge on any atom is -0.481 e. The lowest BCUT2D eigenvalue weighted by Gasteiger charge is -2.37. The number of nitrogens with zero attached hydrogens (tertiary/aromatic N) is 1. The molecule has 1 fully saturated rings.